The van der Waals surface area contributed by atoms with Gasteiger partial charge in [0.1, 0.15) is 0 Å². The first kappa shape index (κ1) is 20.9. The Hall–Kier alpha value is -2.80. The Balaban J connectivity index is 1.61. The second kappa shape index (κ2) is 9.13. The zero-order valence-corrected chi connectivity index (χ0v) is 17.5. The number of aryl methyl sites for hydroxylation is 2. The van der Waals surface area contributed by atoms with E-state index < -0.39 is 5.97 Å². The highest BCUT2D eigenvalue weighted by Gasteiger charge is 2.30. The number of hydrogen-bond acceptors (Lipinski definition) is 5. The number of benzene rings is 2. The Bertz CT molecular complexity index is 944. The molecule has 6 nitrogen and oxygen atoms in total. The summed E-state index contributed by atoms with van der Waals surface area (Å²) < 4.78 is 5.22. The molecule has 1 aliphatic rings. The molecule has 3 rings (SSSR count). The molecule has 1 N–H and O–H groups in total. The van der Waals surface area contributed by atoms with Crippen molar-refractivity contribution in [2.75, 3.05) is 22.6 Å². The normalized spacial score (nSPS) is 15.9. The van der Waals surface area contributed by atoms with Crippen LogP contribution in [0.5, 0.6) is 0 Å². The summed E-state index contributed by atoms with van der Waals surface area (Å²) in [6.07, 6.45) is 0.177. The molecule has 0 saturated carbocycles. The minimum Gasteiger partial charge on any atom is -0.455 e. The molecule has 1 atom stereocenters. The SMILES string of the molecule is Cc1ccc(SCC(=O)OCC(=O)N2c3ccccc3NC(=O)C[C@@H]2C)c(C)c1. The van der Waals surface area contributed by atoms with E-state index in [1.54, 1.807) is 31.2 Å². The molecule has 0 bridgehead atoms. The van der Waals surface area contributed by atoms with Gasteiger partial charge in [-0.05, 0) is 44.5 Å². The Labute approximate surface area is 174 Å². The smallest absolute Gasteiger partial charge is 0.316 e. The number of thioether (sulfide) groups is 1. The van der Waals surface area contributed by atoms with E-state index in [0.717, 1.165) is 10.5 Å². The summed E-state index contributed by atoms with van der Waals surface area (Å²) in [4.78, 5) is 39.5. The summed E-state index contributed by atoms with van der Waals surface area (Å²) in [5.74, 6) is -0.828. The topological polar surface area (TPSA) is 75.7 Å². The first-order valence-electron chi connectivity index (χ1n) is 9.42. The average molecular weight is 413 g/mol. The fourth-order valence-electron chi connectivity index (χ4n) is 3.32. The van der Waals surface area contributed by atoms with E-state index in [4.69, 9.17) is 4.74 Å². The van der Waals surface area contributed by atoms with Gasteiger partial charge in [0.25, 0.3) is 5.91 Å². The van der Waals surface area contributed by atoms with Crippen molar-refractivity contribution < 1.29 is 19.1 Å². The molecule has 2 aromatic rings. The van der Waals surface area contributed by atoms with Crippen molar-refractivity contribution in [2.45, 2.75) is 38.1 Å². The van der Waals surface area contributed by atoms with Crippen LogP contribution in [-0.4, -0.2) is 36.2 Å². The van der Waals surface area contributed by atoms with E-state index in [1.807, 2.05) is 26.0 Å². The first-order chi connectivity index (χ1) is 13.8. The standard InChI is InChI=1S/C22H24N2O4S/c1-14-8-9-19(15(2)10-14)29-13-22(27)28-12-21(26)24-16(3)11-20(25)23-17-6-4-5-7-18(17)24/h4-10,16H,11-13H2,1-3H3,(H,23,25)/t16-/m0/s1. The molecule has 2 aromatic carbocycles. The maximum Gasteiger partial charge on any atom is 0.316 e. The Kier molecular flexibility index (Phi) is 6.59. The van der Waals surface area contributed by atoms with Crippen molar-refractivity contribution in [1.82, 2.24) is 0 Å². The molecule has 1 heterocycles. The monoisotopic (exact) mass is 412 g/mol. The second-order valence-electron chi connectivity index (χ2n) is 7.10. The lowest BCUT2D eigenvalue weighted by Gasteiger charge is -2.27. The Morgan fingerprint density at radius 3 is 2.72 bits per heavy atom. The molecular weight excluding hydrogens is 388 g/mol. The van der Waals surface area contributed by atoms with Gasteiger partial charge in [-0.3, -0.25) is 14.4 Å². The van der Waals surface area contributed by atoms with Gasteiger partial charge in [-0.1, -0.05) is 29.8 Å². The van der Waals surface area contributed by atoms with E-state index in [2.05, 4.69) is 11.4 Å². The van der Waals surface area contributed by atoms with Gasteiger partial charge >= 0.3 is 5.97 Å². The van der Waals surface area contributed by atoms with Crippen LogP contribution in [0, 0.1) is 13.8 Å². The van der Waals surface area contributed by atoms with E-state index >= 15 is 0 Å². The van der Waals surface area contributed by atoms with Crippen LogP contribution in [0.1, 0.15) is 24.5 Å². The third kappa shape index (κ3) is 5.17. The summed E-state index contributed by atoms with van der Waals surface area (Å²) in [5.41, 5.74) is 3.45. The molecule has 7 heteroatoms. The van der Waals surface area contributed by atoms with Crippen LogP contribution in [0.15, 0.2) is 47.4 Å². The van der Waals surface area contributed by atoms with Gasteiger partial charge in [-0.2, -0.15) is 0 Å². The quantitative estimate of drug-likeness (QED) is 0.599. The number of amides is 2. The van der Waals surface area contributed by atoms with Crippen molar-refractivity contribution in [3.8, 4) is 0 Å². The molecule has 1 aliphatic heterocycles. The van der Waals surface area contributed by atoms with Gasteiger partial charge in [0, 0.05) is 17.4 Å². The first-order valence-corrected chi connectivity index (χ1v) is 10.4. The van der Waals surface area contributed by atoms with Crippen molar-refractivity contribution in [1.29, 1.82) is 0 Å². The molecular formula is C22H24N2O4S. The average Bonchev–Trinajstić information content (AvgIpc) is 2.79. The molecule has 0 fully saturated rings. The number of nitrogens with one attached hydrogen (secondary N) is 1. The molecule has 0 radical (unpaired) electrons. The van der Waals surface area contributed by atoms with Crippen molar-refractivity contribution in [2.24, 2.45) is 0 Å². The number of para-hydroxylation sites is 2. The summed E-state index contributed by atoms with van der Waals surface area (Å²) in [6.45, 7) is 5.46. The molecule has 152 valence electrons. The molecule has 0 saturated heterocycles. The summed E-state index contributed by atoms with van der Waals surface area (Å²) >= 11 is 1.39. The fraction of sp³-hybridized carbons (Fsp3) is 0.318. The maximum atomic E-state index is 12.8. The Morgan fingerprint density at radius 1 is 1.21 bits per heavy atom. The summed E-state index contributed by atoms with van der Waals surface area (Å²) in [5, 5.41) is 2.81. The maximum absolute atomic E-state index is 12.8. The molecule has 0 aromatic heterocycles. The van der Waals surface area contributed by atoms with E-state index in [9.17, 15) is 14.4 Å². The number of rotatable bonds is 5. The summed E-state index contributed by atoms with van der Waals surface area (Å²) in [7, 11) is 0. The Morgan fingerprint density at radius 2 is 1.97 bits per heavy atom. The number of carbonyl (C=O) groups excluding carboxylic acids is 3. The number of ether oxygens (including phenoxy) is 1. The van der Waals surface area contributed by atoms with Crippen LogP contribution in [0.3, 0.4) is 0 Å². The molecule has 29 heavy (non-hydrogen) atoms. The third-order valence-corrected chi connectivity index (χ3v) is 5.81. The van der Waals surface area contributed by atoms with Crippen molar-refractivity contribution in [3.05, 3.63) is 53.6 Å². The van der Waals surface area contributed by atoms with Crippen LogP contribution in [0.25, 0.3) is 0 Å². The van der Waals surface area contributed by atoms with Crippen molar-refractivity contribution in [3.63, 3.8) is 0 Å². The third-order valence-electron chi connectivity index (χ3n) is 4.66. The lowest BCUT2D eigenvalue weighted by Crippen LogP contribution is -2.41. The number of hydrogen-bond donors (Lipinski definition) is 1. The highest BCUT2D eigenvalue weighted by atomic mass is 32.2. The minimum atomic E-state index is -0.451. The van der Waals surface area contributed by atoms with Gasteiger partial charge in [-0.15, -0.1) is 11.8 Å². The fourth-order valence-corrected chi connectivity index (χ4v) is 4.13. The number of anilines is 2. The van der Waals surface area contributed by atoms with Crippen molar-refractivity contribution >= 4 is 40.9 Å². The van der Waals surface area contributed by atoms with Gasteiger partial charge in [0.2, 0.25) is 5.91 Å². The van der Waals surface area contributed by atoms with Gasteiger partial charge in [-0.25, -0.2) is 0 Å². The highest BCUT2D eigenvalue weighted by molar-refractivity contribution is 8.00. The lowest BCUT2D eigenvalue weighted by molar-refractivity contribution is -0.145. The van der Waals surface area contributed by atoms with E-state index in [1.165, 1.54) is 22.2 Å². The second-order valence-corrected chi connectivity index (χ2v) is 8.12. The van der Waals surface area contributed by atoms with Crippen LogP contribution in [0.4, 0.5) is 11.4 Å². The van der Waals surface area contributed by atoms with Crippen LogP contribution >= 0.6 is 11.8 Å². The van der Waals surface area contributed by atoms with Crippen LogP contribution in [0.2, 0.25) is 0 Å². The molecule has 0 unspecified atom stereocenters. The molecule has 0 aliphatic carbocycles. The minimum absolute atomic E-state index is 0.128. The molecule has 2 amide bonds. The van der Waals surface area contributed by atoms with Crippen LogP contribution < -0.4 is 10.2 Å². The zero-order valence-electron chi connectivity index (χ0n) is 16.7. The number of fused-ring (bicyclic) bond motifs is 1. The van der Waals surface area contributed by atoms with Gasteiger partial charge in [0.15, 0.2) is 6.61 Å². The number of nitrogens with zero attached hydrogens (tertiary/aromatic N) is 1. The molecule has 0 spiro atoms. The highest BCUT2D eigenvalue weighted by Crippen LogP contribution is 2.31. The number of carbonyl (C=O) groups is 3. The number of esters is 1. The van der Waals surface area contributed by atoms with Crippen LogP contribution in [-0.2, 0) is 19.1 Å². The van der Waals surface area contributed by atoms with E-state index in [0.29, 0.717) is 11.4 Å². The predicted octanol–water partition coefficient (Wildman–Crippen LogP) is 3.70. The van der Waals surface area contributed by atoms with E-state index in [-0.39, 0.29) is 36.6 Å². The zero-order chi connectivity index (χ0) is 21.0. The van der Waals surface area contributed by atoms with Gasteiger partial charge < -0.3 is 15.0 Å². The lowest BCUT2D eigenvalue weighted by atomic mass is 10.1. The summed E-state index contributed by atoms with van der Waals surface area (Å²) in [6, 6.07) is 12.8. The largest absolute Gasteiger partial charge is 0.455 e. The predicted molar refractivity (Wildman–Crippen MR) is 114 cm³/mol. The van der Waals surface area contributed by atoms with Gasteiger partial charge in [0.05, 0.1) is 17.1 Å².